The van der Waals surface area contributed by atoms with Gasteiger partial charge in [0.2, 0.25) is 0 Å². The molecule has 0 aromatic carbocycles. The van der Waals surface area contributed by atoms with Crippen LogP contribution in [0.25, 0.3) is 5.65 Å². The summed E-state index contributed by atoms with van der Waals surface area (Å²) in [6.45, 7) is 4.62. The molecule has 2 aromatic rings. The second-order valence-corrected chi connectivity index (χ2v) is 5.61. The molecule has 0 fully saturated rings. The third kappa shape index (κ3) is 4.97. The van der Waals surface area contributed by atoms with E-state index >= 15 is 0 Å². The average Bonchev–Trinajstić information content (AvgIpc) is 2.90. The fourth-order valence-corrected chi connectivity index (χ4v) is 2.28. The molecule has 2 aromatic heterocycles. The number of imidazole rings is 1. The monoisotopic (exact) mass is 305 g/mol. The smallest absolute Gasteiger partial charge is 0.191 e. The van der Waals surface area contributed by atoms with Gasteiger partial charge in [0.1, 0.15) is 5.65 Å². The van der Waals surface area contributed by atoms with Crippen LogP contribution >= 0.6 is 11.8 Å². The lowest BCUT2D eigenvalue weighted by atomic mass is 10.3. The van der Waals surface area contributed by atoms with E-state index in [9.17, 15) is 0 Å². The molecule has 2 heterocycles. The molecular weight excluding hydrogens is 282 g/mol. The summed E-state index contributed by atoms with van der Waals surface area (Å²) >= 11 is 1.81. The van der Waals surface area contributed by atoms with Gasteiger partial charge in [0.15, 0.2) is 5.96 Å². The highest BCUT2D eigenvalue weighted by Crippen LogP contribution is 2.04. The highest BCUT2D eigenvalue weighted by molar-refractivity contribution is 7.98. The molecule has 2 N–H and O–H groups in total. The maximum Gasteiger partial charge on any atom is 0.191 e. The molecular formula is C15H23N5S. The van der Waals surface area contributed by atoms with Crippen LogP contribution in [-0.4, -0.2) is 47.0 Å². The van der Waals surface area contributed by atoms with E-state index in [4.69, 9.17) is 0 Å². The fourth-order valence-electron chi connectivity index (χ4n) is 2.01. The van der Waals surface area contributed by atoms with Gasteiger partial charge in [-0.15, -0.1) is 0 Å². The lowest BCUT2D eigenvalue weighted by Crippen LogP contribution is -2.38. The molecule has 6 heteroatoms. The lowest BCUT2D eigenvalue weighted by Gasteiger charge is -2.10. The molecule has 0 aliphatic carbocycles. The summed E-state index contributed by atoms with van der Waals surface area (Å²) in [7, 11) is 0. The van der Waals surface area contributed by atoms with E-state index in [0.717, 1.165) is 49.1 Å². The third-order valence-electron chi connectivity index (χ3n) is 3.00. The van der Waals surface area contributed by atoms with Gasteiger partial charge in [0.05, 0.1) is 12.2 Å². The number of pyridine rings is 1. The van der Waals surface area contributed by atoms with Crippen molar-refractivity contribution >= 4 is 23.4 Å². The van der Waals surface area contributed by atoms with Crippen molar-refractivity contribution in [3.63, 3.8) is 0 Å². The summed E-state index contributed by atoms with van der Waals surface area (Å²) in [5.41, 5.74) is 2.08. The number of rotatable bonds is 7. The Hall–Kier alpha value is -1.69. The standard InChI is InChI=1S/C15H23N5S/c1-3-16-15(18-9-11-21-2)17-8-7-13-12-20-10-5-4-6-14(20)19-13/h4-6,10,12H,3,7-9,11H2,1-2H3,(H2,16,17,18). The van der Waals surface area contributed by atoms with Crippen molar-refractivity contribution in [1.29, 1.82) is 0 Å². The van der Waals surface area contributed by atoms with Crippen LogP contribution in [0.2, 0.25) is 0 Å². The van der Waals surface area contributed by atoms with Crippen molar-refractivity contribution in [1.82, 2.24) is 20.0 Å². The van der Waals surface area contributed by atoms with E-state index in [1.807, 2.05) is 40.6 Å². The molecule has 2 rings (SSSR count). The Labute approximate surface area is 130 Å². The molecule has 0 radical (unpaired) electrons. The van der Waals surface area contributed by atoms with Crippen LogP contribution in [0.15, 0.2) is 35.6 Å². The van der Waals surface area contributed by atoms with Gasteiger partial charge < -0.3 is 15.0 Å². The number of aromatic nitrogens is 2. The summed E-state index contributed by atoms with van der Waals surface area (Å²) in [5, 5.41) is 6.61. The first-order chi connectivity index (χ1) is 10.3. The van der Waals surface area contributed by atoms with Gasteiger partial charge in [-0.05, 0) is 25.3 Å². The van der Waals surface area contributed by atoms with E-state index in [1.165, 1.54) is 0 Å². The van der Waals surface area contributed by atoms with Crippen molar-refractivity contribution in [2.24, 2.45) is 4.99 Å². The molecule has 0 spiro atoms. The van der Waals surface area contributed by atoms with Crippen molar-refractivity contribution in [2.75, 3.05) is 31.6 Å². The van der Waals surface area contributed by atoms with Crippen LogP contribution in [0, 0.1) is 0 Å². The number of nitrogens with one attached hydrogen (secondary N) is 2. The van der Waals surface area contributed by atoms with E-state index in [0.29, 0.717) is 0 Å². The van der Waals surface area contributed by atoms with E-state index in [-0.39, 0.29) is 0 Å². The maximum atomic E-state index is 4.59. The van der Waals surface area contributed by atoms with E-state index < -0.39 is 0 Å². The highest BCUT2D eigenvalue weighted by atomic mass is 32.2. The Bertz CT molecular complexity index is 545. The van der Waals surface area contributed by atoms with Gasteiger partial charge in [-0.1, -0.05) is 6.07 Å². The first-order valence-corrected chi connectivity index (χ1v) is 8.66. The van der Waals surface area contributed by atoms with Gasteiger partial charge in [-0.25, -0.2) is 4.98 Å². The summed E-state index contributed by atoms with van der Waals surface area (Å²) in [6, 6.07) is 6.04. The fraction of sp³-hybridized carbons (Fsp3) is 0.467. The van der Waals surface area contributed by atoms with E-state index in [2.05, 4.69) is 40.0 Å². The first-order valence-electron chi connectivity index (χ1n) is 7.27. The molecule has 0 amide bonds. The van der Waals surface area contributed by atoms with Gasteiger partial charge >= 0.3 is 0 Å². The Morgan fingerprint density at radius 2 is 2.29 bits per heavy atom. The van der Waals surface area contributed by atoms with Gasteiger partial charge in [-0.3, -0.25) is 4.99 Å². The number of thioether (sulfide) groups is 1. The second kappa shape index (κ2) is 8.56. The van der Waals surface area contributed by atoms with Gasteiger partial charge in [0, 0.05) is 37.7 Å². The normalized spacial score (nSPS) is 11.8. The number of aliphatic imine (C=N–C) groups is 1. The van der Waals surface area contributed by atoms with Crippen molar-refractivity contribution in [2.45, 2.75) is 13.3 Å². The summed E-state index contributed by atoms with van der Waals surface area (Å²) < 4.78 is 2.05. The molecule has 21 heavy (non-hydrogen) atoms. The molecule has 0 atom stereocenters. The predicted molar refractivity (Wildman–Crippen MR) is 91.3 cm³/mol. The molecule has 0 unspecified atom stereocenters. The number of hydrogen-bond donors (Lipinski definition) is 2. The quantitative estimate of drug-likeness (QED) is 0.465. The van der Waals surface area contributed by atoms with Crippen LogP contribution in [-0.2, 0) is 6.42 Å². The minimum Gasteiger partial charge on any atom is -0.357 e. The summed E-state index contributed by atoms with van der Waals surface area (Å²) in [6.07, 6.45) is 7.08. The van der Waals surface area contributed by atoms with Crippen molar-refractivity contribution in [3.8, 4) is 0 Å². The molecule has 0 saturated carbocycles. The Morgan fingerprint density at radius 3 is 3.05 bits per heavy atom. The van der Waals surface area contributed by atoms with Gasteiger partial charge in [0.25, 0.3) is 0 Å². The van der Waals surface area contributed by atoms with Gasteiger partial charge in [-0.2, -0.15) is 11.8 Å². The topological polar surface area (TPSA) is 53.7 Å². The van der Waals surface area contributed by atoms with Crippen LogP contribution in [0.5, 0.6) is 0 Å². The predicted octanol–water partition coefficient (Wildman–Crippen LogP) is 1.79. The maximum absolute atomic E-state index is 4.59. The first kappa shape index (κ1) is 15.7. The zero-order valence-corrected chi connectivity index (χ0v) is 13.5. The number of fused-ring (bicyclic) bond motifs is 1. The minimum atomic E-state index is 0.828. The van der Waals surface area contributed by atoms with Crippen LogP contribution in [0.3, 0.4) is 0 Å². The average molecular weight is 305 g/mol. The Morgan fingerprint density at radius 1 is 1.38 bits per heavy atom. The second-order valence-electron chi connectivity index (χ2n) is 4.63. The third-order valence-corrected chi connectivity index (χ3v) is 3.59. The minimum absolute atomic E-state index is 0.828. The van der Waals surface area contributed by atoms with Crippen molar-refractivity contribution in [3.05, 3.63) is 36.3 Å². The molecule has 114 valence electrons. The Kier molecular flexibility index (Phi) is 6.40. The number of hydrogen-bond acceptors (Lipinski definition) is 3. The number of guanidine groups is 1. The SMILES string of the molecule is CCNC(=NCCSC)NCCc1cn2ccccc2n1. The van der Waals surface area contributed by atoms with E-state index in [1.54, 1.807) is 0 Å². The summed E-state index contributed by atoms with van der Waals surface area (Å²) in [4.78, 5) is 9.12. The lowest BCUT2D eigenvalue weighted by molar-refractivity contribution is 0.795. The van der Waals surface area contributed by atoms with Crippen LogP contribution in [0.1, 0.15) is 12.6 Å². The Balaban J connectivity index is 1.84. The van der Waals surface area contributed by atoms with Crippen molar-refractivity contribution < 1.29 is 0 Å². The van der Waals surface area contributed by atoms with Crippen LogP contribution < -0.4 is 10.6 Å². The highest BCUT2D eigenvalue weighted by Gasteiger charge is 2.01. The molecule has 5 nitrogen and oxygen atoms in total. The molecule has 0 bridgehead atoms. The largest absolute Gasteiger partial charge is 0.357 e. The molecule has 0 saturated heterocycles. The zero-order valence-electron chi connectivity index (χ0n) is 12.7. The molecule has 0 aliphatic rings. The zero-order chi connectivity index (χ0) is 14.9. The summed E-state index contributed by atoms with van der Waals surface area (Å²) in [5.74, 6) is 1.93. The number of nitrogens with zero attached hydrogens (tertiary/aromatic N) is 3. The van der Waals surface area contributed by atoms with Crippen LogP contribution in [0.4, 0.5) is 0 Å². The molecule has 0 aliphatic heterocycles.